The largest absolute Gasteiger partial charge is 0.507 e. The molecule has 0 radical (unpaired) electrons. The highest BCUT2D eigenvalue weighted by atomic mass is 16.6. The molecule has 3 aromatic carbocycles. The first-order chi connectivity index (χ1) is 19.9. The van der Waals surface area contributed by atoms with Crippen LogP contribution < -0.4 is 10.2 Å². The first-order valence-corrected chi connectivity index (χ1v) is 14.0. The van der Waals surface area contributed by atoms with Crippen molar-refractivity contribution in [1.82, 2.24) is 5.32 Å². The highest BCUT2D eigenvalue weighted by Crippen LogP contribution is 2.52. The zero-order valence-corrected chi connectivity index (χ0v) is 23.9. The van der Waals surface area contributed by atoms with Gasteiger partial charge >= 0.3 is 5.97 Å². The molecule has 0 saturated carbocycles. The van der Waals surface area contributed by atoms with Crippen LogP contribution in [0.1, 0.15) is 53.3 Å². The number of nitrogens with one attached hydrogen (secondary N) is 1. The van der Waals surface area contributed by atoms with Gasteiger partial charge in [0.2, 0.25) is 11.8 Å². The zero-order valence-electron chi connectivity index (χ0n) is 23.9. The highest BCUT2D eigenvalue weighted by molar-refractivity contribution is 6.25. The minimum atomic E-state index is -1.89. The number of benzene rings is 3. The van der Waals surface area contributed by atoms with Crippen molar-refractivity contribution in [1.29, 1.82) is 0 Å². The number of carboxylic acid groups (broad SMARTS) is 1. The number of para-hydroxylation sites is 1. The van der Waals surface area contributed by atoms with Crippen LogP contribution in [0, 0.1) is 35.8 Å². The smallest absolute Gasteiger partial charge is 0.325 e. The molecule has 2 fully saturated rings. The van der Waals surface area contributed by atoms with Crippen LogP contribution in [0.15, 0.2) is 54.6 Å². The molecule has 0 spiro atoms. The van der Waals surface area contributed by atoms with E-state index in [2.05, 4.69) is 5.32 Å². The van der Waals surface area contributed by atoms with E-state index in [4.69, 9.17) is 0 Å². The third kappa shape index (κ3) is 4.42. The lowest BCUT2D eigenvalue weighted by Gasteiger charge is -2.32. The fourth-order valence-electron chi connectivity index (χ4n) is 6.67. The molecular weight excluding hydrogens is 538 g/mol. The molecule has 0 aromatic heterocycles. The molecule has 0 bridgehead atoms. The maximum absolute atomic E-state index is 14.4. The number of hydrogen-bond donors (Lipinski definition) is 3. The van der Waals surface area contributed by atoms with Gasteiger partial charge in [0.15, 0.2) is 0 Å². The molecule has 10 nitrogen and oxygen atoms in total. The number of non-ortho nitro benzene ring substituents is 1. The number of phenols is 1. The Morgan fingerprint density at radius 1 is 1.00 bits per heavy atom. The summed E-state index contributed by atoms with van der Waals surface area (Å²) in [5, 5.41) is 35.6. The number of carbonyl (C=O) groups excluding carboxylic acids is 2. The van der Waals surface area contributed by atoms with Gasteiger partial charge in [-0.05, 0) is 60.1 Å². The van der Waals surface area contributed by atoms with Crippen molar-refractivity contribution in [3.05, 3.63) is 98.1 Å². The van der Waals surface area contributed by atoms with Crippen LogP contribution in [0.25, 0.3) is 0 Å². The number of carboxylic acids is 1. The van der Waals surface area contributed by atoms with Gasteiger partial charge in [-0.25, -0.2) is 4.90 Å². The van der Waals surface area contributed by atoms with E-state index < -0.39 is 46.1 Å². The normalized spacial score (nSPS) is 23.3. The van der Waals surface area contributed by atoms with Gasteiger partial charge in [0.1, 0.15) is 11.3 Å². The van der Waals surface area contributed by atoms with Crippen molar-refractivity contribution >= 4 is 29.2 Å². The maximum atomic E-state index is 14.4. The molecule has 0 aliphatic carbocycles. The number of aliphatic carboxylic acids is 1. The van der Waals surface area contributed by atoms with Crippen molar-refractivity contribution in [2.45, 2.75) is 58.5 Å². The number of nitrogens with zero attached hydrogens (tertiary/aromatic N) is 2. The van der Waals surface area contributed by atoms with Crippen molar-refractivity contribution in [2.24, 2.45) is 11.8 Å². The summed E-state index contributed by atoms with van der Waals surface area (Å²) >= 11 is 0. The van der Waals surface area contributed by atoms with Crippen molar-refractivity contribution in [2.75, 3.05) is 4.90 Å². The third-order valence-corrected chi connectivity index (χ3v) is 8.73. The molecule has 4 unspecified atom stereocenters. The van der Waals surface area contributed by atoms with Crippen LogP contribution in [-0.2, 0) is 33.6 Å². The predicted molar refractivity (Wildman–Crippen MR) is 155 cm³/mol. The Morgan fingerprint density at radius 3 is 2.07 bits per heavy atom. The summed E-state index contributed by atoms with van der Waals surface area (Å²) in [4.78, 5) is 53.9. The number of amides is 2. The van der Waals surface area contributed by atoms with Crippen molar-refractivity contribution in [3.63, 3.8) is 0 Å². The van der Waals surface area contributed by atoms with E-state index in [0.29, 0.717) is 40.8 Å². The number of carbonyl (C=O) groups is 3. The molecule has 42 heavy (non-hydrogen) atoms. The van der Waals surface area contributed by atoms with E-state index in [9.17, 15) is 34.7 Å². The number of phenolic OH excluding ortho intramolecular Hbond substituents is 1. The maximum Gasteiger partial charge on any atom is 0.325 e. The number of nitro groups is 1. The SMILES string of the molecule is CCc1cccc(CC)c1N1C(=O)C2C(c3cc(C)c(O)c(C)c3)NC(Cc3ccc([N+](=O)[O-])cc3)(C(=O)O)C2C1=O. The number of anilines is 1. The molecular formula is C32H33N3O7. The molecule has 2 heterocycles. The Labute approximate surface area is 243 Å². The molecule has 218 valence electrons. The Balaban J connectivity index is 1.71. The van der Waals surface area contributed by atoms with Gasteiger partial charge in [0, 0.05) is 24.6 Å². The van der Waals surface area contributed by atoms with Gasteiger partial charge in [0.05, 0.1) is 22.4 Å². The van der Waals surface area contributed by atoms with Crippen LogP contribution in [0.5, 0.6) is 5.75 Å². The second kappa shape index (κ2) is 10.7. The Bertz CT molecular complexity index is 1570. The Hall–Kier alpha value is -4.57. The van der Waals surface area contributed by atoms with Crippen LogP contribution in [0.3, 0.4) is 0 Å². The molecule has 10 heteroatoms. The number of fused-ring (bicyclic) bond motifs is 1. The fraction of sp³-hybridized carbons (Fsp3) is 0.344. The summed E-state index contributed by atoms with van der Waals surface area (Å²) in [6.07, 6.45) is 0.956. The monoisotopic (exact) mass is 571 g/mol. The standard InChI is InChI=1S/C32H33N3O7/c1-5-20-8-7-9-21(6-2)27(20)34-29(37)24-25(30(34)38)32(31(39)40,16-19-10-12-23(13-11-19)35(41)42)33-26(24)22-14-17(3)28(36)18(4)15-22/h7-15,24-26,33,36H,5-6,16H2,1-4H3,(H,39,40). The second-order valence-electron chi connectivity index (χ2n) is 11.1. The summed E-state index contributed by atoms with van der Waals surface area (Å²) in [6.45, 7) is 7.32. The molecule has 2 amide bonds. The lowest BCUT2D eigenvalue weighted by atomic mass is 9.76. The number of rotatable bonds is 8. The Kier molecular flexibility index (Phi) is 7.36. The molecule has 2 saturated heterocycles. The van der Waals surface area contributed by atoms with Crippen LogP contribution in [-0.4, -0.2) is 38.5 Å². The molecule has 4 atom stereocenters. The topological polar surface area (TPSA) is 150 Å². The fourth-order valence-corrected chi connectivity index (χ4v) is 6.67. The molecule has 5 rings (SSSR count). The van der Waals surface area contributed by atoms with E-state index in [1.165, 1.54) is 29.2 Å². The summed E-state index contributed by atoms with van der Waals surface area (Å²) in [7, 11) is 0. The van der Waals surface area contributed by atoms with E-state index in [0.717, 1.165) is 11.1 Å². The number of hydrogen-bond acceptors (Lipinski definition) is 7. The quantitative estimate of drug-likeness (QED) is 0.202. The Morgan fingerprint density at radius 2 is 1.57 bits per heavy atom. The van der Waals surface area contributed by atoms with E-state index in [-0.39, 0.29) is 17.9 Å². The van der Waals surface area contributed by atoms with Crippen LogP contribution in [0.2, 0.25) is 0 Å². The molecule has 2 aliphatic heterocycles. The summed E-state index contributed by atoms with van der Waals surface area (Å²) in [6, 6.07) is 13.7. The summed E-state index contributed by atoms with van der Waals surface area (Å²) in [5.74, 6) is -4.56. The van der Waals surface area contributed by atoms with E-state index in [1.807, 2.05) is 32.0 Å². The average molecular weight is 572 g/mol. The molecule has 3 aromatic rings. The van der Waals surface area contributed by atoms with Crippen LogP contribution >= 0.6 is 0 Å². The third-order valence-electron chi connectivity index (χ3n) is 8.73. The molecule has 3 N–H and O–H groups in total. The van der Waals surface area contributed by atoms with Crippen molar-refractivity contribution < 1.29 is 29.5 Å². The van der Waals surface area contributed by atoms with Gasteiger partial charge in [-0.3, -0.25) is 29.8 Å². The lowest BCUT2D eigenvalue weighted by Crippen LogP contribution is -2.57. The van der Waals surface area contributed by atoms with Crippen LogP contribution in [0.4, 0.5) is 11.4 Å². The highest BCUT2D eigenvalue weighted by Gasteiger charge is 2.68. The minimum Gasteiger partial charge on any atom is -0.507 e. The van der Waals surface area contributed by atoms with Gasteiger partial charge in [-0.15, -0.1) is 0 Å². The van der Waals surface area contributed by atoms with E-state index >= 15 is 0 Å². The number of nitro benzene ring substituents is 1. The van der Waals surface area contributed by atoms with Gasteiger partial charge in [-0.1, -0.05) is 56.3 Å². The lowest BCUT2D eigenvalue weighted by molar-refractivity contribution is -0.384. The predicted octanol–water partition coefficient (Wildman–Crippen LogP) is 4.56. The van der Waals surface area contributed by atoms with Gasteiger partial charge in [0.25, 0.3) is 5.69 Å². The van der Waals surface area contributed by atoms with Gasteiger partial charge < -0.3 is 10.2 Å². The number of aryl methyl sites for hydroxylation is 4. The second-order valence-corrected chi connectivity index (χ2v) is 11.1. The minimum absolute atomic E-state index is 0.101. The molecule has 2 aliphatic rings. The van der Waals surface area contributed by atoms with Crippen molar-refractivity contribution in [3.8, 4) is 5.75 Å². The zero-order chi connectivity index (χ0) is 30.5. The average Bonchev–Trinajstić information content (AvgIpc) is 3.44. The number of aromatic hydroxyl groups is 1. The first kappa shape index (κ1) is 28.9. The van der Waals surface area contributed by atoms with E-state index in [1.54, 1.807) is 26.0 Å². The summed E-state index contributed by atoms with van der Waals surface area (Å²) in [5.41, 5.74) is 2.28. The summed E-state index contributed by atoms with van der Waals surface area (Å²) < 4.78 is 0. The first-order valence-electron chi connectivity index (χ1n) is 14.0. The number of imide groups is 1. The van der Waals surface area contributed by atoms with Gasteiger partial charge in [-0.2, -0.15) is 0 Å².